The number of carbonyl (C=O) groups excluding carboxylic acids is 2. The van der Waals surface area contributed by atoms with Gasteiger partial charge in [0.15, 0.2) is 0 Å². The van der Waals surface area contributed by atoms with Crippen molar-refractivity contribution >= 4 is 17.5 Å². The summed E-state index contributed by atoms with van der Waals surface area (Å²) in [5, 5.41) is 13.9. The van der Waals surface area contributed by atoms with Crippen LogP contribution < -0.4 is 10.6 Å². The minimum Gasteiger partial charge on any atom is -0.395 e. The fraction of sp³-hybridized carbons (Fsp3) is 0.133. The molecule has 1 aromatic heterocycles. The van der Waals surface area contributed by atoms with Gasteiger partial charge in [-0.15, -0.1) is 0 Å². The fourth-order valence-corrected chi connectivity index (χ4v) is 1.73. The average molecular weight is 285 g/mol. The lowest BCUT2D eigenvalue weighted by Gasteiger charge is -2.10. The third-order valence-electron chi connectivity index (χ3n) is 2.75. The van der Waals surface area contributed by atoms with Gasteiger partial charge in [-0.3, -0.25) is 14.6 Å². The molecule has 0 atom stereocenters. The molecule has 6 heteroatoms. The number of aliphatic hydroxyl groups excluding tert-OH is 1. The Labute approximate surface area is 121 Å². The van der Waals surface area contributed by atoms with Gasteiger partial charge in [0.05, 0.1) is 17.9 Å². The minimum absolute atomic E-state index is 0.139. The van der Waals surface area contributed by atoms with E-state index in [0.29, 0.717) is 11.3 Å². The molecule has 2 aromatic rings. The normalized spacial score (nSPS) is 9.95. The minimum atomic E-state index is -0.402. The first-order valence-corrected chi connectivity index (χ1v) is 6.42. The molecule has 0 saturated heterocycles. The van der Waals surface area contributed by atoms with Gasteiger partial charge in [0.2, 0.25) is 0 Å². The molecule has 0 fully saturated rings. The average Bonchev–Trinajstić information content (AvgIpc) is 2.54. The Morgan fingerprint density at radius 2 is 1.86 bits per heavy atom. The topological polar surface area (TPSA) is 91.3 Å². The van der Waals surface area contributed by atoms with Crippen molar-refractivity contribution in [3.8, 4) is 0 Å². The van der Waals surface area contributed by atoms with E-state index in [9.17, 15) is 9.59 Å². The van der Waals surface area contributed by atoms with Crippen LogP contribution in [0.1, 0.15) is 20.7 Å². The van der Waals surface area contributed by atoms with Crippen LogP contribution in [0.2, 0.25) is 0 Å². The van der Waals surface area contributed by atoms with E-state index in [0.717, 1.165) is 0 Å². The highest BCUT2D eigenvalue weighted by Crippen LogP contribution is 2.14. The van der Waals surface area contributed by atoms with E-state index in [1.807, 2.05) is 6.07 Å². The number of hydrogen-bond acceptors (Lipinski definition) is 4. The predicted octanol–water partition coefficient (Wildman–Crippen LogP) is 1.06. The second-order valence-corrected chi connectivity index (χ2v) is 4.22. The third-order valence-corrected chi connectivity index (χ3v) is 2.75. The second kappa shape index (κ2) is 7.16. The number of pyridine rings is 1. The number of rotatable bonds is 5. The molecule has 0 aliphatic rings. The number of aliphatic hydroxyl groups is 1. The van der Waals surface area contributed by atoms with Crippen molar-refractivity contribution in [3.63, 3.8) is 0 Å². The van der Waals surface area contributed by atoms with Crippen molar-refractivity contribution in [2.24, 2.45) is 0 Å². The van der Waals surface area contributed by atoms with Crippen molar-refractivity contribution in [2.45, 2.75) is 0 Å². The maximum Gasteiger partial charge on any atom is 0.255 e. The maximum absolute atomic E-state index is 12.1. The molecule has 108 valence electrons. The quantitative estimate of drug-likeness (QED) is 0.766. The summed E-state index contributed by atoms with van der Waals surface area (Å²) < 4.78 is 0. The van der Waals surface area contributed by atoms with E-state index < -0.39 is 5.91 Å². The molecule has 0 unspecified atom stereocenters. The van der Waals surface area contributed by atoms with Crippen LogP contribution in [-0.2, 0) is 0 Å². The summed E-state index contributed by atoms with van der Waals surface area (Å²) in [6, 6.07) is 10.3. The monoisotopic (exact) mass is 285 g/mol. The second-order valence-electron chi connectivity index (χ2n) is 4.22. The zero-order chi connectivity index (χ0) is 15.1. The van der Waals surface area contributed by atoms with E-state index >= 15 is 0 Å². The molecule has 0 radical (unpaired) electrons. The standard InChI is InChI=1S/C15H15N3O3/c19-9-8-17-15(21)12-10-16-7-6-13(12)18-14(20)11-4-2-1-3-5-11/h1-7,10,19H,8-9H2,(H,17,21)(H,16,18,20). The highest BCUT2D eigenvalue weighted by atomic mass is 16.3. The molecule has 0 bridgehead atoms. The summed E-state index contributed by atoms with van der Waals surface area (Å²) in [6.45, 7) is -0.0164. The first kappa shape index (κ1) is 14.7. The molecule has 0 saturated carbocycles. The zero-order valence-electron chi connectivity index (χ0n) is 11.2. The molecule has 1 heterocycles. The Hall–Kier alpha value is -2.73. The molecule has 6 nitrogen and oxygen atoms in total. The number of anilines is 1. The molecule has 1 aromatic carbocycles. The van der Waals surface area contributed by atoms with Gasteiger partial charge >= 0.3 is 0 Å². The Balaban J connectivity index is 2.17. The smallest absolute Gasteiger partial charge is 0.255 e. The highest BCUT2D eigenvalue weighted by molar-refractivity contribution is 6.08. The van der Waals surface area contributed by atoms with Gasteiger partial charge in [0, 0.05) is 24.5 Å². The van der Waals surface area contributed by atoms with Crippen molar-refractivity contribution in [1.29, 1.82) is 0 Å². The Morgan fingerprint density at radius 1 is 1.10 bits per heavy atom. The summed E-state index contributed by atoms with van der Waals surface area (Å²) in [7, 11) is 0. The lowest BCUT2D eigenvalue weighted by Crippen LogP contribution is -2.27. The van der Waals surface area contributed by atoms with Crippen LogP contribution in [0.3, 0.4) is 0 Å². The molecule has 2 rings (SSSR count). The summed E-state index contributed by atoms with van der Waals surface area (Å²) >= 11 is 0. The zero-order valence-corrected chi connectivity index (χ0v) is 11.2. The number of carbonyl (C=O) groups is 2. The van der Waals surface area contributed by atoms with Gasteiger partial charge in [-0.05, 0) is 18.2 Å². The van der Waals surface area contributed by atoms with Gasteiger partial charge < -0.3 is 15.7 Å². The van der Waals surface area contributed by atoms with Crippen molar-refractivity contribution in [3.05, 3.63) is 59.9 Å². The van der Waals surface area contributed by atoms with Crippen molar-refractivity contribution in [2.75, 3.05) is 18.5 Å². The van der Waals surface area contributed by atoms with Gasteiger partial charge in [-0.1, -0.05) is 18.2 Å². The highest BCUT2D eigenvalue weighted by Gasteiger charge is 2.13. The van der Waals surface area contributed by atoms with E-state index in [1.54, 1.807) is 30.3 Å². The maximum atomic E-state index is 12.1. The molecule has 2 amide bonds. The number of benzene rings is 1. The fourth-order valence-electron chi connectivity index (χ4n) is 1.73. The largest absolute Gasteiger partial charge is 0.395 e. The molecule has 21 heavy (non-hydrogen) atoms. The molecular formula is C15H15N3O3. The van der Waals surface area contributed by atoms with Crippen LogP contribution in [0, 0.1) is 0 Å². The number of aromatic nitrogens is 1. The molecular weight excluding hydrogens is 270 g/mol. The molecule has 0 aliphatic carbocycles. The van der Waals surface area contributed by atoms with Crippen LogP contribution in [0.4, 0.5) is 5.69 Å². The number of nitrogens with zero attached hydrogens (tertiary/aromatic N) is 1. The molecule has 0 spiro atoms. The molecule has 3 N–H and O–H groups in total. The van der Waals surface area contributed by atoms with Crippen LogP contribution in [0.5, 0.6) is 0 Å². The lowest BCUT2D eigenvalue weighted by molar-refractivity contribution is 0.0945. The summed E-state index contributed by atoms with van der Waals surface area (Å²) in [5.41, 5.74) is 1.11. The summed E-state index contributed by atoms with van der Waals surface area (Å²) in [6.07, 6.45) is 2.86. The lowest BCUT2D eigenvalue weighted by atomic mass is 10.2. The Morgan fingerprint density at radius 3 is 2.57 bits per heavy atom. The summed E-state index contributed by atoms with van der Waals surface area (Å²) in [5.74, 6) is -0.710. The Bertz CT molecular complexity index is 629. The SMILES string of the molecule is O=C(Nc1ccncc1C(=O)NCCO)c1ccccc1. The van der Waals surface area contributed by atoms with Crippen molar-refractivity contribution in [1.82, 2.24) is 10.3 Å². The summed E-state index contributed by atoms with van der Waals surface area (Å²) in [4.78, 5) is 27.9. The number of amides is 2. The van der Waals surface area contributed by atoms with E-state index in [-0.39, 0.29) is 24.6 Å². The number of hydrogen-bond donors (Lipinski definition) is 3. The van der Waals surface area contributed by atoms with Crippen LogP contribution in [0.25, 0.3) is 0 Å². The van der Waals surface area contributed by atoms with Gasteiger partial charge in [0.1, 0.15) is 0 Å². The predicted molar refractivity (Wildman–Crippen MR) is 78.1 cm³/mol. The molecule has 0 aliphatic heterocycles. The first-order valence-electron chi connectivity index (χ1n) is 6.42. The van der Waals surface area contributed by atoms with Gasteiger partial charge in [0.25, 0.3) is 11.8 Å². The van der Waals surface area contributed by atoms with Gasteiger partial charge in [-0.2, -0.15) is 0 Å². The van der Waals surface area contributed by atoms with Crippen LogP contribution in [0.15, 0.2) is 48.8 Å². The van der Waals surface area contributed by atoms with E-state index in [1.165, 1.54) is 12.4 Å². The number of nitrogens with one attached hydrogen (secondary N) is 2. The van der Waals surface area contributed by atoms with E-state index in [2.05, 4.69) is 15.6 Å². The van der Waals surface area contributed by atoms with Crippen LogP contribution >= 0.6 is 0 Å². The Kier molecular flexibility index (Phi) is 5.00. The van der Waals surface area contributed by atoms with E-state index in [4.69, 9.17) is 5.11 Å². The van der Waals surface area contributed by atoms with Crippen molar-refractivity contribution < 1.29 is 14.7 Å². The first-order chi connectivity index (χ1) is 10.2. The van der Waals surface area contributed by atoms with Crippen LogP contribution in [-0.4, -0.2) is 35.1 Å². The third kappa shape index (κ3) is 3.87. The van der Waals surface area contributed by atoms with Gasteiger partial charge in [-0.25, -0.2) is 0 Å².